The minimum atomic E-state index is -2.08. The van der Waals surface area contributed by atoms with Gasteiger partial charge in [-0.25, -0.2) is 0 Å². The van der Waals surface area contributed by atoms with Crippen LogP contribution < -0.4 is 5.32 Å². The Kier molecular flexibility index (Phi) is 3.90. The van der Waals surface area contributed by atoms with E-state index >= 15 is 0 Å². The topological polar surface area (TPSA) is 90.2 Å². The number of carbonyl (C=O) groups is 2. The Morgan fingerprint density at radius 2 is 1.83 bits per heavy atom. The van der Waals surface area contributed by atoms with Crippen LogP contribution in [0.3, 0.4) is 0 Å². The van der Waals surface area contributed by atoms with E-state index in [1.54, 1.807) is 54.6 Å². The quantitative estimate of drug-likeness (QED) is 0.665. The molecule has 2 aromatic carbocycles. The number of thioether (sulfide) groups is 1. The van der Waals surface area contributed by atoms with Gasteiger partial charge in [0.25, 0.3) is 5.91 Å². The summed E-state index contributed by atoms with van der Waals surface area (Å²) in [6.45, 7) is 0. The Bertz CT molecular complexity index is 816. The predicted octanol–water partition coefficient (Wildman–Crippen LogP) is 2.29. The molecule has 23 heavy (non-hydrogen) atoms. The van der Waals surface area contributed by atoms with Gasteiger partial charge in [-0.2, -0.15) is 5.26 Å². The SMILES string of the molecule is N#CSC(C(=O)c1ccccc1)C1(O)C(=O)Nc2ccccc21. The molecule has 2 N–H and O–H groups in total. The number of anilines is 1. The summed E-state index contributed by atoms with van der Waals surface area (Å²) in [6.07, 6.45) is 0. The average molecular weight is 324 g/mol. The Labute approximate surface area is 136 Å². The fourth-order valence-corrected chi connectivity index (χ4v) is 3.41. The summed E-state index contributed by atoms with van der Waals surface area (Å²) in [5.41, 5.74) is -0.985. The van der Waals surface area contributed by atoms with Crippen LogP contribution in [0.1, 0.15) is 15.9 Å². The number of hydrogen-bond donors (Lipinski definition) is 2. The minimum Gasteiger partial charge on any atom is -0.374 e. The van der Waals surface area contributed by atoms with E-state index in [-0.39, 0.29) is 0 Å². The second kappa shape index (κ2) is 5.88. The van der Waals surface area contributed by atoms with Crippen molar-refractivity contribution in [2.24, 2.45) is 0 Å². The Morgan fingerprint density at radius 1 is 1.17 bits per heavy atom. The highest BCUT2D eigenvalue weighted by atomic mass is 32.2. The third-order valence-electron chi connectivity index (χ3n) is 3.78. The van der Waals surface area contributed by atoms with Crippen LogP contribution in [0.25, 0.3) is 0 Å². The molecule has 0 saturated heterocycles. The van der Waals surface area contributed by atoms with E-state index < -0.39 is 22.5 Å². The zero-order valence-corrected chi connectivity index (χ0v) is 12.7. The third-order valence-corrected chi connectivity index (χ3v) is 4.67. The van der Waals surface area contributed by atoms with Crippen molar-refractivity contribution in [3.8, 4) is 5.40 Å². The first-order valence-corrected chi connectivity index (χ1v) is 7.74. The smallest absolute Gasteiger partial charge is 0.262 e. The molecule has 0 saturated carbocycles. The number of nitrogens with one attached hydrogen (secondary N) is 1. The van der Waals surface area contributed by atoms with Crippen molar-refractivity contribution in [1.29, 1.82) is 5.26 Å². The number of rotatable bonds is 4. The highest BCUT2D eigenvalue weighted by Crippen LogP contribution is 2.43. The van der Waals surface area contributed by atoms with Crippen molar-refractivity contribution in [2.75, 3.05) is 5.32 Å². The highest BCUT2D eigenvalue weighted by Gasteiger charge is 2.54. The number of thiocyanates is 1. The van der Waals surface area contributed by atoms with Crippen LogP contribution in [0.5, 0.6) is 0 Å². The maximum absolute atomic E-state index is 12.8. The zero-order chi connectivity index (χ0) is 16.4. The standard InChI is InChI=1S/C17H12N2O3S/c18-10-23-15(14(20)11-6-2-1-3-7-11)17(22)12-8-4-5-9-13(12)19-16(17)21/h1-9,15,22H,(H,19,21). The van der Waals surface area contributed by atoms with Gasteiger partial charge >= 0.3 is 0 Å². The zero-order valence-electron chi connectivity index (χ0n) is 11.9. The number of benzene rings is 2. The molecule has 1 heterocycles. The second-order valence-electron chi connectivity index (χ2n) is 5.09. The maximum Gasteiger partial charge on any atom is 0.262 e. The summed E-state index contributed by atoms with van der Waals surface area (Å²) in [6, 6.07) is 14.9. The number of Topliss-reactive ketones (excluding diaryl/α,β-unsaturated/α-hetero) is 1. The van der Waals surface area contributed by atoms with Gasteiger partial charge in [0.2, 0.25) is 0 Å². The molecule has 5 nitrogen and oxygen atoms in total. The lowest BCUT2D eigenvalue weighted by atomic mass is 9.87. The van der Waals surface area contributed by atoms with E-state index in [2.05, 4.69) is 5.32 Å². The van der Waals surface area contributed by atoms with E-state index in [9.17, 15) is 14.7 Å². The number of ketones is 1. The molecule has 6 heteroatoms. The number of aliphatic hydroxyl groups is 1. The second-order valence-corrected chi connectivity index (χ2v) is 5.98. The van der Waals surface area contributed by atoms with Crippen molar-refractivity contribution in [1.82, 2.24) is 0 Å². The lowest BCUT2D eigenvalue weighted by Gasteiger charge is -2.27. The maximum atomic E-state index is 12.8. The van der Waals surface area contributed by atoms with Crippen LogP contribution in [0.15, 0.2) is 54.6 Å². The van der Waals surface area contributed by atoms with Crippen LogP contribution in [0.2, 0.25) is 0 Å². The molecule has 0 aliphatic carbocycles. The molecular weight excluding hydrogens is 312 g/mol. The fraction of sp³-hybridized carbons (Fsp3) is 0.118. The summed E-state index contributed by atoms with van der Waals surface area (Å²) in [5.74, 6) is -1.16. The van der Waals surface area contributed by atoms with Gasteiger partial charge < -0.3 is 10.4 Å². The highest BCUT2D eigenvalue weighted by molar-refractivity contribution is 8.05. The molecular formula is C17H12N2O3S. The molecule has 0 bridgehead atoms. The van der Waals surface area contributed by atoms with Gasteiger partial charge in [0.1, 0.15) is 10.7 Å². The molecule has 0 aromatic heterocycles. The Hall–Kier alpha value is -2.62. The summed E-state index contributed by atoms with van der Waals surface area (Å²) >= 11 is 0.588. The molecule has 1 aliphatic rings. The molecule has 2 unspecified atom stereocenters. The molecule has 0 spiro atoms. The summed E-state index contributed by atoms with van der Waals surface area (Å²) in [5, 5.41) is 23.2. The minimum absolute atomic E-state index is 0.307. The van der Waals surface area contributed by atoms with Crippen LogP contribution in [0, 0.1) is 10.7 Å². The predicted molar refractivity (Wildman–Crippen MR) is 86.7 cm³/mol. The molecule has 1 aliphatic heterocycles. The molecule has 3 rings (SSSR count). The number of fused-ring (bicyclic) bond motifs is 1. The average Bonchev–Trinajstić information content (AvgIpc) is 2.85. The fourth-order valence-electron chi connectivity index (χ4n) is 2.66. The number of carbonyl (C=O) groups excluding carboxylic acids is 2. The molecule has 2 atom stereocenters. The molecule has 1 amide bonds. The Morgan fingerprint density at radius 3 is 2.52 bits per heavy atom. The van der Waals surface area contributed by atoms with Crippen LogP contribution >= 0.6 is 11.8 Å². The number of nitriles is 1. The van der Waals surface area contributed by atoms with E-state index in [4.69, 9.17) is 5.26 Å². The lowest BCUT2D eigenvalue weighted by molar-refractivity contribution is -0.132. The van der Waals surface area contributed by atoms with Crippen molar-refractivity contribution < 1.29 is 14.7 Å². The first-order chi connectivity index (χ1) is 11.1. The molecule has 0 fully saturated rings. The number of hydrogen-bond acceptors (Lipinski definition) is 5. The van der Waals surface area contributed by atoms with E-state index in [0.29, 0.717) is 28.6 Å². The van der Waals surface area contributed by atoms with Crippen molar-refractivity contribution in [3.63, 3.8) is 0 Å². The van der Waals surface area contributed by atoms with Gasteiger partial charge in [-0.05, 0) is 17.8 Å². The van der Waals surface area contributed by atoms with Gasteiger partial charge in [0.05, 0.1) is 0 Å². The molecule has 114 valence electrons. The van der Waals surface area contributed by atoms with Crippen molar-refractivity contribution in [2.45, 2.75) is 10.9 Å². The largest absolute Gasteiger partial charge is 0.374 e. The van der Waals surface area contributed by atoms with Gasteiger partial charge in [0, 0.05) is 16.8 Å². The van der Waals surface area contributed by atoms with Crippen molar-refractivity contribution in [3.05, 3.63) is 65.7 Å². The van der Waals surface area contributed by atoms with E-state index in [1.807, 2.05) is 5.40 Å². The molecule has 2 aromatic rings. The summed E-state index contributed by atoms with van der Waals surface area (Å²) < 4.78 is 0. The van der Waals surface area contributed by atoms with Gasteiger partial charge in [-0.15, -0.1) is 0 Å². The van der Waals surface area contributed by atoms with E-state index in [1.165, 1.54) is 0 Å². The van der Waals surface area contributed by atoms with Gasteiger partial charge in [-0.1, -0.05) is 48.5 Å². The summed E-state index contributed by atoms with van der Waals surface area (Å²) in [4.78, 5) is 25.1. The first-order valence-electron chi connectivity index (χ1n) is 6.86. The Balaban J connectivity index is 2.10. The number of nitrogens with zero attached hydrogens (tertiary/aromatic N) is 1. The monoisotopic (exact) mass is 324 g/mol. The van der Waals surface area contributed by atoms with Gasteiger partial charge in [0.15, 0.2) is 11.4 Å². The van der Waals surface area contributed by atoms with Crippen LogP contribution in [0.4, 0.5) is 5.69 Å². The number of para-hydroxylation sites is 1. The third kappa shape index (κ3) is 2.40. The van der Waals surface area contributed by atoms with Crippen LogP contribution in [-0.4, -0.2) is 22.0 Å². The van der Waals surface area contributed by atoms with Crippen molar-refractivity contribution >= 4 is 29.1 Å². The van der Waals surface area contributed by atoms with E-state index in [0.717, 1.165) is 0 Å². The normalized spacial score (nSPS) is 20.3. The lowest BCUT2D eigenvalue weighted by Crippen LogP contribution is -2.47. The molecule has 0 radical (unpaired) electrons. The van der Waals surface area contributed by atoms with Gasteiger partial charge in [-0.3, -0.25) is 9.59 Å². The van der Waals surface area contributed by atoms with Crippen LogP contribution in [-0.2, 0) is 10.4 Å². The summed E-state index contributed by atoms with van der Waals surface area (Å²) in [7, 11) is 0. The first kappa shape index (κ1) is 15.3. The number of amides is 1.